The van der Waals surface area contributed by atoms with Crippen LogP contribution in [0.3, 0.4) is 0 Å². The van der Waals surface area contributed by atoms with Crippen molar-refractivity contribution in [1.29, 1.82) is 0 Å². The van der Waals surface area contributed by atoms with Gasteiger partial charge in [0.1, 0.15) is 12.3 Å². The zero-order valence-corrected chi connectivity index (χ0v) is 19.9. The van der Waals surface area contributed by atoms with Crippen molar-refractivity contribution in [2.45, 2.75) is 117 Å². The first-order valence-electron chi connectivity index (χ1n) is 11.6. The summed E-state index contributed by atoms with van der Waals surface area (Å²) in [5.41, 5.74) is 3.53. The molecule has 0 bridgehead atoms. The molecule has 0 aromatic rings. The van der Waals surface area contributed by atoms with Crippen molar-refractivity contribution in [3.8, 4) is 0 Å². The standard InChI is InChI=1S/C23H44N2O5/c1-14(2)25-16(5)21(12-19-8-10-20(11-9-19)28-15(3)4)23(24-25)30-18(7)29-22(13-26)17(6)27/h10,14-19,21-24,26-27H,8-9,11-13H2,1-7H3. The minimum atomic E-state index is -0.754. The molecule has 30 heavy (non-hydrogen) atoms. The van der Waals surface area contributed by atoms with Gasteiger partial charge in [-0.1, -0.05) is 0 Å². The molecule has 1 aliphatic heterocycles. The summed E-state index contributed by atoms with van der Waals surface area (Å²) in [6.07, 6.45) is 4.64. The lowest BCUT2D eigenvalue weighted by atomic mass is 9.82. The molecule has 0 spiro atoms. The van der Waals surface area contributed by atoms with Crippen molar-refractivity contribution in [2.24, 2.45) is 11.8 Å². The third kappa shape index (κ3) is 7.18. The van der Waals surface area contributed by atoms with E-state index in [1.807, 2.05) is 6.92 Å². The fourth-order valence-electron chi connectivity index (χ4n) is 4.56. The second kappa shape index (κ2) is 11.8. The molecule has 7 nitrogen and oxygen atoms in total. The van der Waals surface area contributed by atoms with Gasteiger partial charge in [-0.3, -0.25) is 0 Å². The number of hydrogen-bond acceptors (Lipinski definition) is 7. The Morgan fingerprint density at radius 3 is 2.40 bits per heavy atom. The molecule has 2 aliphatic rings. The third-order valence-corrected chi connectivity index (χ3v) is 6.17. The van der Waals surface area contributed by atoms with Crippen LogP contribution < -0.4 is 5.43 Å². The largest absolute Gasteiger partial charge is 0.496 e. The molecule has 0 aromatic heterocycles. The lowest BCUT2D eigenvalue weighted by Gasteiger charge is -2.31. The van der Waals surface area contributed by atoms with Gasteiger partial charge in [0.25, 0.3) is 0 Å². The summed E-state index contributed by atoms with van der Waals surface area (Å²) in [6, 6.07) is 0.692. The topological polar surface area (TPSA) is 83.4 Å². The van der Waals surface area contributed by atoms with E-state index >= 15 is 0 Å². The van der Waals surface area contributed by atoms with E-state index in [1.165, 1.54) is 0 Å². The number of aliphatic hydroxyl groups is 2. The molecule has 7 unspecified atom stereocenters. The monoisotopic (exact) mass is 428 g/mol. The number of nitrogens with zero attached hydrogens (tertiary/aromatic N) is 1. The van der Waals surface area contributed by atoms with Crippen LogP contribution in [0, 0.1) is 11.8 Å². The Bertz CT molecular complexity index is 540. The number of hydrogen-bond donors (Lipinski definition) is 3. The van der Waals surface area contributed by atoms with Crippen molar-refractivity contribution in [1.82, 2.24) is 10.4 Å². The SMILES string of the molecule is CC(C)OC1=CCC(CC2C(OC(C)OC(CO)C(C)O)NN(C(C)C)C2C)CC1. The van der Waals surface area contributed by atoms with Gasteiger partial charge in [0, 0.05) is 24.4 Å². The van der Waals surface area contributed by atoms with E-state index in [0.717, 1.165) is 31.4 Å². The number of ether oxygens (including phenoxy) is 3. The minimum Gasteiger partial charge on any atom is -0.496 e. The predicted octanol–water partition coefficient (Wildman–Crippen LogP) is 3.17. The molecule has 1 saturated heterocycles. The molecule has 1 aliphatic carbocycles. The Kier molecular flexibility index (Phi) is 10.0. The number of allylic oxidation sites excluding steroid dienone is 2. The van der Waals surface area contributed by atoms with Gasteiger partial charge in [-0.15, -0.1) is 0 Å². The maximum absolute atomic E-state index is 9.74. The van der Waals surface area contributed by atoms with E-state index in [4.69, 9.17) is 14.2 Å². The Labute approximate surface area is 182 Å². The first-order chi connectivity index (χ1) is 14.1. The van der Waals surface area contributed by atoms with Crippen LogP contribution in [-0.4, -0.2) is 64.7 Å². The molecule has 1 fully saturated rings. The van der Waals surface area contributed by atoms with Gasteiger partial charge in [0.05, 0.1) is 24.6 Å². The quantitative estimate of drug-likeness (QED) is 0.436. The van der Waals surface area contributed by atoms with E-state index in [1.54, 1.807) is 6.92 Å². The molecule has 0 aromatic carbocycles. The Morgan fingerprint density at radius 2 is 1.90 bits per heavy atom. The average molecular weight is 429 g/mol. The molecule has 0 saturated carbocycles. The highest BCUT2D eigenvalue weighted by Crippen LogP contribution is 2.36. The lowest BCUT2D eigenvalue weighted by Crippen LogP contribution is -2.45. The third-order valence-electron chi connectivity index (χ3n) is 6.17. The molecule has 7 heteroatoms. The van der Waals surface area contributed by atoms with Gasteiger partial charge in [-0.2, -0.15) is 0 Å². The van der Waals surface area contributed by atoms with E-state index in [2.05, 4.69) is 51.1 Å². The van der Waals surface area contributed by atoms with Gasteiger partial charge in [-0.05, 0) is 79.7 Å². The number of aliphatic hydroxyl groups excluding tert-OH is 2. The number of nitrogens with one attached hydrogen (secondary N) is 1. The van der Waals surface area contributed by atoms with Gasteiger partial charge < -0.3 is 24.4 Å². The summed E-state index contributed by atoms with van der Waals surface area (Å²) < 4.78 is 17.8. The molecular weight excluding hydrogens is 384 g/mol. The highest BCUT2D eigenvalue weighted by molar-refractivity contribution is 5.01. The van der Waals surface area contributed by atoms with Crippen LogP contribution in [0.2, 0.25) is 0 Å². The van der Waals surface area contributed by atoms with Crippen LogP contribution >= 0.6 is 0 Å². The Hall–Kier alpha value is -0.700. The Morgan fingerprint density at radius 1 is 1.20 bits per heavy atom. The highest BCUT2D eigenvalue weighted by Gasteiger charge is 2.42. The number of hydrazine groups is 1. The van der Waals surface area contributed by atoms with Crippen LogP contribution in [0.25, 0.3) is 0 Å². The van der Waals surface area contributed by atoms with Gasteiger partial charge in [0.15, 0.2) is 6.29 Å². The zero-order chi connectivity index (χ0) is 22.4. The van der Waals surface area contributed by atoms with Crippen LogP contribution in [0.5, 0.6) is 0 Å². The second-order valence-electron chi connectivity index (χ2n) is 9.47. The van der Waals surface area contributed by atoms with Crippen molar-refractivity contribution < 1.29 is 24.4 Å². The van der Waals surface area contributed by atoms with Crippen LogP contribution in [0.1, 0.15) is 74.1 Å². The van der Waals surface area contributed by atoms with E-state index in [0.29, 0.717) is 23.9 Å². The summed E-state index contributed by atoms with van der Waals surface area (Å²) >= 11 is 0. The first-order valence-corrected chi connectivity index (χ1v) is 11.6. The van der Waals surface area contributed by atoms with E-state index < -0.39 is 18.5 Å². The summed E-state index contributed by atoms with van der Waals surface area (Å²) in [6.45, 7) is 14.0. The van der Waals surface area contributed by atoms with Crippen molar-refractivity contribution in [2.75, 3.05) is 6.61 Å². The normalized spacial score (nSPS) is 31.1. The fourth-order valence-corrected chi connectivity index (χ4v) is 4.56. The molecule has 2 rings (SSSR count). The van der Waals surface area contributed by atoms with Crippen LogP contribution in [0.15, 0.2) is 11.8 Å². The van der Waals surface area contributed by atoms with E-state index in [-0.39, 0.29) is 18.9 Å². The lowest BCUT2D eigenvalue weighted by molar-refractivity contribution is -0.220. The van der Waals surface area contributed by atoms with Gasteiger partial charge in [-0.25, -0.2) is 10.4 Å². The van der Waals surface area contributed by atoms with Gasteiger partial charge >= 0.3 is 0 Å². The summed E-state index contributed by atoms with van der Waals surface area (Å²) in [5, 5.41) is 21.4. The first kappa shape index (κ1) is 25.6. The van der Waals surface area contributed by atoms with Crippen LogP contribution in [-0.2, 0) is 14.2 Å². The fraction of sp³-hybridized carbons (Fsp3) is 0.913. The molecular formula is C23H44N2O5. The zero-order valence-electron chi connectivity index (χ0n) is 19.9. The summed E-state index contributed by atoms with van der Waals surface area (Å²) in [5.74, 6) is 2.06. The maximum Gasteiger partial charge on any atom is 0.157 e. The summed E-state index contributed by atoms with van der Waals surface area (Å²) in [4.78, 5) is 0. The predicted molar refractivity (Wildman–Crippen MR) is 117 cm³/mol. The molecule has 176 valence electrons. The smallest absolute Gasteiger partial charge is 0.157 e. The van der Waals surface area contributed by atoms with Crippen molar-refractivity contribution in [3.05, 3.63) is 11.8 Å². The Balaban J connectivity index is 2.00. The molecule has 7 atom stereocenters. The van der Waals surface area contributed by atoms with Gasteiger partial charge in [0.2, 0.25) is 0 Å². The molecule has 0 radical (unpaired) electrons. The molecule has 1 heterocycles. The van der Waals surface area contributed by atoms with Crippen molar-refractivity contribution >= 4 is 0 Å². The highest BCUT2D eigenvalue weighted by atomic mass is 16.7. The van der Waals surface area contributed by atoms with E-state index in [9.17, 15) is 10.2 Å². The van der Waals surface area contributed by atoms with Crippen molar-refractivity contribution in [3.63, 3.8) is 0 Å². The molecule has 0 amide bonds. The maximum atomic E-state index is 9.74. The van der Waals surface area contributed by atoms with Crippen LogP contribution in [0.4, 0.5) is 0 Å². The average Bonchev–Trinajstić information content (AvgIpc) is 2.96. The second-order valence-corrected chi connectivity index (χ2v) is 9.47. The minimum absolute atomic E-state index is 0.164. The summed E-state index contributed by atoms with van der Waals surface area (Å²) in [7, 11) is 0. The molecule has 3 N–H and O–H groups in total. The number of rotatable bonds is 11.